The molecule has 0 aromatic heterocycles. The van der Waals surface area contributed by atoms with Gasteiger partial charge in [-0.1, -0.05) is 11.8 Å². The fourth-order valence-corrected chi connectivity index (χ4v) is 0.895. The Morgan fingerprint density at radius 1 is 1.36 bits per heavy atom. The van der Waals surface area contributed by atoms with E-state index in [2.05, 4.69) is 11.8 Å². The Morgan fingerprint density at radius 3 is 2.64 bits per heavy atom. The highest BCUT2D eigenvalue weighted by Crippen LogP contribution is 2.12. The van der Waals surface area contributed by atoms with Crippen molar-refractivity contribution in [2.45, 2.75) is 0 Å². The number of nitrogens with two attached hydrogens (primary N) is 1. The second-order valence-corrected chi connectivity index (χ2v) is 2.48. The summed E-state index contributed by atoms with van der Waals surface area (Å²) >= 11 is 0. The number of carbonyl (C=O) groups is 1. The molecule has 0 aliphatic heterocycles. The minimum Gasteiger partial charge on any atom is -0.320 e. The second kappa shape index (κ2) is 4.49. The van der Waals surface area contributed by atoms with E-state index in [1.165, 1.54) is 0 Å². The average Bonchev–Trinajstić information content (AvgIpc) is 2.18. The van der Waals surface area contributed by atoms with E-state index in [9.17, 15) is 13.6 Å². The van der Waals surface area contributed by atoms with E-state index in [0.29, 0.717) is 0 Å². The van der Waals surface area contributed by atoms with E-state index < -0.39 is 11.6 Å². The lowest BCUT2D eigenvalue weighted by Crippen LogP contribution is -1.96. The zero-order valence-corrected chi connectivity index (χ0v) is 7.18. The first-order valence-corrected chi connectivity index (χ1v) is 3.82. The summed E-state index contributed by atoms with van der Waals surface area (Å²) in [5.41, 5.74) is 4.66. The molecule has 0 heterocycles. The molecule has 0 aliphatic carbocycles. The summed E-state index contributed by atoms with van der Waals surface area (Å²) in [7, 11) is 0. The average molecular weight is 195 g/mol. The molecule has 0 aliphatic rings. The van der Waals surface area contributed by atoms with Gasteiger partial charge in [0.1, 0.15) is 11.6 Å². The first kappa shape index (κ1) is 10.4. The minimum absolute atomic E-state index is 0.0660. The van der Waals surface area contributed by atoms with E-state index in [1.54, 1.807) is 0 Å². The molecule has 1 aromatic rings. The van der Waals surface area contributed by atoms with Crippen molar-refractivity contribution in [1.29, 1.82) is 0 Å². The summed E-state index contributed by atoms with van der Waals surface area (Å²) in [6.07, 6.45) is 0.249. The van der Waals surface area contributed by atoms with Crippen LogP contribution in [0.4, 0.5) is 8.78 Å². The van der Waals surface area contributed by atoms with Gasteiger partial charge in [-0.05, 0) is 12.1 Å². The van der Waals surface area contributed by atoms with Crippen molar-refractivity contribution in [3.8, 4) is 11.8 Å². The fraction of sp³-hybridized carbons (Fsp3) is 0.100. The Hall–Kier alpha value is -1.73. The molecule has 2 nitrogen and oxygen atoms in total. The molecule has 4 heteroatoms. The molecule has 0 saturated carbocycles. The normalized spacial score (nSPS) is 9.07. The number of hydrogen-bond donors (Lipinski definition) is 1. The Labute approximate surface area is 79.7 Å². The van der Waals surface area contributed by atoms with Crippen molar-refractivity contribution >= 4 is 6.29 Å². The van der Waals surface area contributed by atoms with Crippen LogP contribution in [0.5, 0.6) is 0 Å². The molecule has 2 N–H and O–H groups in total. The zero-order valence-electron chi connectivity index (χ0n) is 7.18. The minimum atomic E-state index is -0.789. The molecule has 0 bridgehead atoms. The summed E-state index contributed by atoms with van der Waals surface area (Å²) < 4.78 is 26.0. The smallest absolute Gasteiger partial charge is 0.153 e. The Balaban J connectivity index is 3.21. The van der Waals surface area contributed by atoms with Gasteiger partial charge >= 0.3 is 0 Å². The molecule has 0 unspecified atom stereocenters. The van der Waals surface area contributed by atoms with Crippen molar-refractivity contribution < 1.29 is 13.6 Å². The summed E-state index contributed by atoms with van der Waals surface area (Å²) in [6, 6.07) is 1.69. The maximum Gasteiger partial charge on any atom is 0.153 e. The molecular weight excluding hydrogens is 188 g/mol. The summed E-state index contributed by atoms with van der Waals surface area (Å²) in [4.78, 5) is 10.2. The summed E-state index contributed by atoms with van der Waals surface area (Å²) in [5.74, 6) is 3.24. The number of hydrogen-bond acceptors (Lipinski definition) is 2. The molecule has 14 heavy (non-hydrogen) atoms. The third-order valence-corrected chi connectivity index (χ3v) is 1.54. The largest absolute Gasteiger partial charge is 0.320 e. The SMILES string of the molecule is NCC#Cc1cc(F)c(C=O)cc1F. The fourth-order valence-electron chi connectivity index (χ4n) is 0.895. The van der Waals surface area contributed by atoms with Gasteiger partial charge in [0.05, 0.1) is 17.7 Å². The van der Waals surface area contributed by atoms with Crippen LogP contribution < -0.4 is 5.73 Å². The second-order valence-electron chi connectivity index (χ2n) is 2.48. The van der Waals surface area contributed by atoms with Crippen LogP contribution >= 0.6 is 0 Å². The highest BCUT2D eigenvalue weighted by Gasteiger charge is 2.07. The monoisotopic (exact) mass is 195 g/mol. The highest BCUT2D eigenvalue weighted by atomic mass is 19.1. The summed E-state index contributed by atoms with van der Waals surface area (Å²) in [5, 5.41) is 0. The van der Waals surface area contributed by atoms with Crippen LogP contribution in [0.1, 0.15) is 15.9 Å². The number of rotatable bonds is 1. The summed E-state index contributed by atoms with van der Waals surface area (Å²) in [6.45, 7) is 0.0660. The van der Waals surface area contributed by atoms with Crippen molar-refractivity contribution in [2.75, 3.05) is 6.54 Å². The van der Waals surface area contributed by atoms with Crippen LogP contribution in [-0.2, 0) is 0 Å². The first-order chi connectivity index (χ1) is 6.69. The molecule has 0 atom stereocenters. The van der Waals surface area contributed by atoms with Crippen LogP contribution in [-0.4, -0.2) is 12.8 Å². The van der Waals surface area contributed by atoms with Crippen LogP contribution in [0.25, 0.3) is 0 Å². The van der Waals surface area contributed by atoms with Gasteiger partial charge in [0.2, 0.25) is 0 Å². The van der Waals surface area contributed by atoms with Crippen molar-refractivity contribution in [2.24, 2.45) is 5.73 Å². The van der Waals surface area contributed by atoms with Crippen LogP contribution in [0.15, 0.2) is 12.1 Å². The molecule has 1 rings (SSSR count). The Morgan fingerprint density at radius 2 is 2.07 bits per heavy atom. The molecule has 1 aromatic carbocycles. The lowest BCUT2D eigenvalue weighted by Gasteiger charge is -1.97. The Kier molecular flexibility index (Phi) is 3.32. The molecule has 0 spiro atoms. The predicted molar refractivity (Wildman–Crippen MR) is 47.7 cm³/mol. The maximum atomic E-state index is 13.1. The maximum absolute atomic E-state index is 13.1. The third-order valence-electron chi connectivity index (χ3n) is 1.54. The number of benzene rings is 1. The van der Waals surface area contributed by atoms with E-state index in [0.717, 1.165) is 12.1 Å². The standard InChI is InChI=1S/C10H7F2NO/c11-9-5-8(6-14)10(12)4-7(9)2-1-3-13/h4-6H,3,13H2. The van der Waals surface area contributed by atoms with Gasteiger partial charge in [-0.2, -0.15) is 0 Å². The van der Waals surface area contributed by atoms with Crippen molar-refractivity contribution in [1.82, 2.24) is 0 Å². The molecule has 0 fully saturated rings. The quantitative estimate of drug-likeness (QED) is 0.538. The lowest BCUT2D eigenvalue weighted by molar-refractivity contribution is 0.111. The van der Waals surface area contributed by atoms with E-state index >= 15 is 0 Å². The first-order valence-electron chi connectivity index (χ1n) is 3.82. The third kappa shape index (κ3) is 2.15. The molecule has 72 valence electrons. The van der Waals surface area contributed by atoms with Gasteiger partial charge in [0, 0.05) is 0 Å². The van der Waals surface area contributed by atoms with Gasteiger partial charge in [0.25, 0.3) is 0 Å². The van der Waals surface area contributed by atoms with E-state index in [-0.39, 0.29) is 24.0 Å². The zero-order chi connectivity index (χ0) is 10.6. The highest BCUT2D eigenvalue weighted by molar-refractivity contribution is 5.75. The van der Waals surface area contributed by atoms with Crippen molar-refractivity contribution in [3.63, 3.8) is 0 Å². The van der Waals surface area contributed by atoms with Gasteiger partial charge in [0.15, 0.2) is 6.29 Å². The van der Waals surface area contributed by atoms with Crippen LogP contribution in [0, 0.1) is 23.5 Å². The van der Waals surface area contributed by atoms with Crippen LogP contribution in [0.3, 0.4) is 0 Å². The predicted octanol–water partition coefficient (Wildman–Crippen LogP) is 1.09. The van der Waals surface area contributed by atoms with Gasteiger partial charge in [-0.3, -0.25) is 4.79 Å². The van der Waals surface area contributed by atoms with E-state index in [4.69, 9.17) is 5.73 Å². The molecule has 0 saturated heterocycles. The lowest BCUT2D eigenvalue weighted by atomic mass is 10.1. The molecule has 0 radical (unpaired) electrons. The molecule has 0 amide bonds. The topological polar surface area (TPSA) is 43.1 Å². The number of aldehydes is 1. The molecular formula is C10H7F2NO. The van der Waals surface area contributed by atoms with E-state index in [1.807, 2.05) is 0 Å². The van der Waals surface area contributed by atoms with Crippen LogP contribution in [0.2, 0.25) is 0 Å². The van der Waals surface area contributed by atoms with Gasteiger partial charge in [-0.25, -0.2) is 8.78 Å². The Bertz CT molecular complexity index is 418. The number of carbonyl (C=O) groups excluding carboxylic acids is 1. The van der Waals surface area contributed by atoms with Gasteiger partial charge in [-0.15, -0.1) is 0 Å². The van der Waals surface area contributed by atoms with Gasteiger partial charge < -0.3 is 5.73 Å². The number of halogens is 2. The van der Waals surface area contributed by atoms with Crippen molar-refractivity contribution in [3.05, 3.63) is 34.9 Å².